The van der Waals surface area contributed by atoms with Gasteiger partial charge in [0.1, 0.15) is 11.4 Å². The lowest BCUT2D eigenvalue weighted by Crippen LogP contribution is -2.03. The molecule has 1 heterocycles. The van der Waals surface area contributed by atoms with E-state index in [1.165, 1.54) is 4.68 Å². The van der Waals surface area contributed by atoms with Crippen molar-refractivity contribution in [1.29, 1.82) is 0 Å². The van der Waals surface area contributed by atoms with Gasteiger partial charge < -0.3 is 11.5 Å². The highest BCUT2D eigenvalue weighted by Crippen LogP contribution is 2.25. The molecular formula is C10H9ClN4O. The topological polar surface area (TPSA) is 86.9 Å². The molecule has 6 heteroatoms. The highest BCUT2D eigenvalue weighted by atomic mass is 35.5. The van der Waals surface area contributed by atoms with Crippen molar-refractivity contribution < 1.29 is 4.79 Å². The predicted octanol–water partition coefficient (Wildman–Crippen LogP) is 1.50. The molecule has 0 aliphatic carbocycles. The van der Waals surface area contributed by atoms with Crippen LogP contribution in [-0.4, -0.2) is 16.1 Å². The average molecular weight is 237 g/mol. The number of aromatic nitrogens is 2. The number of anilines is 2. The largest absolute Gasteiger partial charge is 0.383 e. The predicted molar refractivity (Wildman–Crippen MR) is 62.8 cm³/mol. The molecule has 0 unspecified atom stereocenters. The van der Waals surface area contributed by atoms with Gasteiger partial charge in [0, 0.05) is 0 Å². The van der Waals surface area contributed by atoms with Gasteiger partial charge in [0.25, 0.3) is 0 Å². The summed E-state index contributed by atoms with van der Waals surface area (Å²) in [6.45, 7) is 0. The highest BCUT2D eigenvalue weighted by Gasteiger charge is 2.14. The van der Waals surface area contributed by atoms with Crippen molar-refractivity contribution in [1.82, 2.24) is 9.78 Å². The first-order valence-corrected chi connectivity index (χ1v) is 4.87. The van der Waals surface area contributed by atoms with Crippen molar-refractivity contribution in [3.8, 4) is 5.69 Å². The molecule has 82 valence electrons. The Labute approximate surface area is 96.6 Å². The zero-order valence-electron chi connectivity index (χ0n) is 8.22. The number of carbonyl (C=O) groups excluding carboxylic acids is 1. The van der Waals surface area contributed by atoms with Gasteiger partial charge in [0.2, 0.25) is 0 Å². The smallest absolute Gasteiger partial charge is 0.158 e. The van der Waals surface area contributed by atoms with E-state index in [0.717, 1.165) is 0 Å². The molecule has 0 radical (unpaired) electrons. The summed E-state index contributed by atoms with van der Waals surface area (Å²) in [6, 6.07) is 7.02. The van der Waals surface area contributed by atoms with Gasteiger partial charge in [-0.2, -0.15) is 0 Å². The van der Waals surface area contributed by atoms with Crippen LogP contribution in [-0.2, 0) is 0 Å². The molecule has 0 aliphatic heterocycles. The number of halogens is 1. The first-order valence-electron chi connectivity index (χ1n) is 4.49. The molecule has 1 aromatic carbocycles. The standard InChI is InChI=1S/C10H9ClN4O/c11-7-3-1-2-4-8(7)15-10(13)6(5-16)9(12)14-15/h1-5H,13H2,(H2,12,14). The van der Waals surface area contributed by atoms with Crippen molar-refractivity contribution in [3.63, 3.8) is 0 Å². The molecule has 0 bridgehead atoms. The number of rotatable bonds is 2. The molecule has 16 heavy (non-hydrogen) atoms. The van der Waals surface area contributed by atoms with Crippen LogP contribution in [0, 0.1) is 0 Å². The summed E-state index contributed by atoms with van der Waals surface area (Å²) in [5, 5.41) is 4.45. The number of nitrogens with zero attached hydrogens (tertiary/aromatic N) is 2. The molecule has 2 rings (SSSR count). The average Bonchev–Trinajstić information content (AvgIpc) is 2.55. The molecule has 0 spiro atoms. The van der Waals surface area contributed by atoms with Crippen LogP contribution in [0.1, 0.15) is 10.4 Å². The minimum atomic E-state index is 0.0902. The lowest BCUT2D eigenvalue weighted by Gasteiger charge is -2.05. The van der Waals surface area contributed by atoms with Crippen LogP contribution in [0.5, 0.6) is 0 Å². The number of nitrogen functional groups attached to an aromatic ring is 2. The third-order valence-corrected chi connectivity index (χ3v) is 2.51. The van der Waals surface area contributed by atoms with Crippen LogP contribution in [0.2, 0.25) is 5.02 Å². The van der Waals surface area contributed by atoms with Gasteiger partial charge in [-0.15, -0.1) is 5.10 Å². The van der Waals surface area contributed by atoms with Crippen molar-refractivity contribution in [2.24, 2.45) is 0 Å². The van der Waals surface area contributed by atoms with Gasteiger partial charge in [-0.05, 0) is 12.1 Å². The molecule has 1 aromatic heterocycles. The molecule has 4 N–H and O–H groups in total. The van der Waals surface area contributed by atoms with Crippen molar-refractivity contribution in [2.75, 3.05) is 11.5 Å². The highest BCUT2D eigenvalue weighted by molar-refractivity contribution is 6.32. The Morgan fingerprint density at radius 3 is 2.56 bits per heavy atom. The summed E-state index contributed by atoms with van der Waals surface area (Å²) in [5.41, 5.74) is 12.1. The van der Waals surface area contributed by atoms with Gasteiger partial charge >= 0.3 is 0 Å². The monoisotopic (exact) mass is 236 g/mol. The number of para-hydroxylation sites is 1. The zero-order valence-corrected chi connectivity index (χ0v) is 8.98. The van der Waals surface area contributed by atoms with E-state index < -0.39 is 0 Å². The quantitative estimate of drug-likeness (QED) is 0.774. The lowest BCUT2D eigenvalue weighted by atomic mass is 10.3. The Kier molecular flexibility index (Phi) is 2.54. The van der Waals surface area contributed by atoms with Crippen molar-refractivity contribution in [2.45, 2.75) is 0 Å². The van der Waals surface area contributed by atoms with E-state index in [1.807, 2.05) is 0 Å². The Morgan fingerprint density at radius 2 is 2.00 bits per heavy atom. The summed E-state index contributed by atoms with van der Waals surface area (Å²) in [6.07, 6.45) is 0.574. The Morgan fingerprint density at radius 1 is 1.31 bits per heavy atom. The van der Waals surface area contributed by atoms with Gasteiger partial charge in [0.05, 0.1) is 10.7 Å². The fourth-order valence-electron chi connectivity index (χ4n) is 1.39. The van der Waals surface area contributed by atoms with Crippen LogP contribution in [0.25, 0.3) is 5.69 Å². The Hall–Kier alpha value is -2.01. The maximum absolute atomic E-state index is 10.7. The minimum Gasteiger partial charge on any atom is -0.383 e. The van der Waals surface area contributed by atoms with Crippen LogP contribution < -0.4 is 11.5 Å². The van der Waals surface area contributed by atoms with Gasteiger partial charge in [0.15, 0.2) is 12.1 Å². The fourth-order valence-corrected chi connectivity index (χ4v) is 1.60. The summed E-state index contributed by atoms with van der Waals surface area (Å²) in [5.74, 6) is 0.271. The molecule has 0 atom stereocenters. The number of aldehydes is 1. The van der Waals surface area contributed by atoms with Crippen LogP contribution in [0.15, 0.2) is 24.3 Å². The van der Waals surface area contributed by atoms with Crippen LogP contribution in [0.3, 0.4) is 0 Å². The van der Waals surface area contributed by atoms with Gasteiger partial charge in [-0.25, -0.2) is 4.68 Å². The second-order valence-electron chi connectivity index (χ2n) is 3.17. The van der Waals surface area contributed by atoms with E-state index in [0.29, 0.717) is 17.0 Å². The maximum atomic E-state index is 10.7. The maximum Gasteiger partial charge on any atom is 0.158 e. The van der Waals surface area contributed by atoms with E-state index in [9.17, 15) is 4.79 Å². The molecule has 0 amide bonds. The number of hydrogen-bond acceptors (Lipinski definition) is 4. The third-order valence-electron chi connectivity index (χ3n) is 2.19. The SMILES string of the molecule is Nc1nn(-c2ccccc2Cl)c(N)c1C=O. The Balaban J connectivity index is 2.66. The van der Waals surface area contributed by atoms with E-state index in [-0.39, 0.29) is 17.2 Å². The third kappa shape index (κ3) is 1.51. The number of carbonyl (C=O) groups is 1. The molecular weight excluding hydrogens is 228 g/mol. The minimum absolute atomic E-state index is 0.0902. The van der Waals surface area contributed by atoms with E-state index in [2.05, 4.69) is 5.10 Å². The second kappa shape index (κ2) is 3.86. The molecule has 0 saturated carbocycles. The molecule has 0 saturated heterocycles. The summed E-state index contributed by atoms with van der Waals surface area (Å²) in [4.78, 5) is 10.7. The van der Waals surface area contributed by atoms with Gasteiger partial charge in [-0.1, -0.05) is 23.7 Å². The van der Waals surface area contributed by atoms with Crippen molar-refractivity contribution in [3.05, 3.63) is 34.9 Å². The first-order chi connectivity index (χ1) is 7.65. The molecule has 0 fully saturated rings. The van der Waals surface area contributed by atoms with E-state index in [1.54, 1.807) is 24.3 Å². The lowest BCUT2D eigenvalue weighted by molar-refractivity contribution is 0.112. The number of hydrogen-bond donors (Lipinski definition) is 2. The van der Waals surface area contributed by atoms with E-state index >= 15 is 0 Å². The van der Waals surface area contributed by atoms with Gasteiger partial charge in [-0.3, -0.25) is 4.79 Å². The normalized spacial score (nSPS) is 10.3. The number of benzene rings is 1. The zero-order chi connectivity index (χ0) is 11.7. The summed E-state index contributed by atoms with van der Waals surface area (Å²) in [7, 11) is 0. The molecule has 0 aliphatic rings. The summed E-state index contributed by atoms with van der Waals surface area (Å²) < 4.78 is 1.35. The Bertz CT molecular complexity index is 550. The summed E-state index contributed by atoms with van der Waals surface area (Å²) >= 11 is 5.99. The number of nitrogens with two attached hydrogens (primary N) is 2. The first kappa shape index (κ1) is 10.5. The molecule has 2 aromatic rings. The van der Waals surface area contributed by atoms with Crippen molar-refractivity contribution >= 4 is 29.5 Å². The fraction of sp³-hybridized carbons (Fsp3) is 0. The van der Waals surface area contributed by atoms with E-state index in [4.69, 9.17) is 23.1 Å². The second-order valence-corrected chi connectivity index (χ2v) is 3.57. The molecule has 5 nitrogen and oxygen atoms in total. The van der Waals surface area contributed by atoms with Crippen LogP contribution >= 0.6 is 11.6 Å². The van der Waals surface area contributed by atoms with Crippen LogP contribution in [0.4, 0.5) is 11.6 Å².